The van der Waals surface area contributed by atoms with Crippen molar-refractivity contribution in [2.45, 2.75) is 6.54 Å². The number of hydrogen-bond acceptors (Lipinski definition) is 5. The van der Waals surface area contributed by atoms with Gasteiger partial charge in [-0.3, -0.25) is 14.4 Å². The lowest BCUT2D eigenvalue weighted by Crippen LogP contribution is -2.42. The number of aromatic nitrogens is 1. The maximum absolute atomic E-state index is 13.1. The van der Waals surface area contributed by atoms with E-state index in [4.69, 9.17) is 16.3 Å². The largest absolute Gasteiger partial charge is 0.378 e. The zero-order valence-corrected chi connectivity index (χ0v) is 19.1. The van der Waals surface area contributed by atoms with Crippen molar-refractivity contribution < 1.29 is 19.1 Å². The number of ether oxygens (including phenoxy) is 1. The Labute approximate surface area is 199 Å². The molecule has 2 saturated heterocycles. The molecule has 168 valence electrons. The van der Waals surface area contributed by atoms with E-state index in [0.29, 0.717) is 41.9 Å². The highest BCUT2D eigenvalue weighted by Crippen LogP contribution is 2.37. The maximum atomic E-state index is 13.1. The fraction of sp³-hybridized carbons (Fsp3) is 0.208. The van der Waals surface area contributed by atoms with Crippen LogP contribution in [-0.2, 0) is 20.9 Å². The Bertz CT molecular complexity index is 1300. The number of amides is 3. The molecule has 3 heterocycles. The van der Waals surface area contributed by atoms with Gasteiger partial charge >= 0.3 is 0 Å². The van der Waals surface area contributed by atoms with Gasteiger partial charge in [-0.15, -0.1) is 0 Å². The summed E-state index contributed by atoms with van der Waals surface area (Å²) in [6.07, 6.45) is 3.57. The van der Waals surface area contributed by atoms with Crippen molar-refractivity contribution in [1.82, 2.24) is 9.47 Å². The van der Waals surface area contributed by atoms with Crippen LogP contribution < -0.4 is 4.90 Å². The normalized spacial score (nSPS) is 18.0. The molecule has 0 radical (unpaired) electrons. The third-order valence-electron chi connectivity index (χ3n) is 5.64. The molecule has 0 atom stereocenters. The molecule has 2 aliphatic heterocycles. The predicted octanol–water partition coefficient (Wildman–Crippen LogP) is 4.39. The quantitative estimate of drug-likeness (QED) is 0.517. The van der Waals surface area contributed by atoms with Crippen molar-refractivity contribution in [1.29, 1.82) is 0 Å². The zero-order valence-electron chi connectivity index (χ0n) is 17.6. The van der Waals surface area contributed by atoms with Gasteiger partial charge in [0.25, 0.3) is 11.1 Å². The van der Waals surface area contributed by atoms with Gasteiger partial charge in [-0.2, -0.15) is 0 Å². The number of para-hydroxylation sites is 1. The molecule has 0 saturated carbocycles. The Morgan fingerprint density at radius 3 is 2.67 bits per heavy atom. The summed E-state index contributed by atoms with van der Waals surface area (Å²) in [5.41, 5.74) is 2.10. The molecule has 2 aromatic carbocycles. The second-order valence-electron chi connectivity index (χ2n) is 7.72. The maximum Gasteiger partial charge on any atom is 0.298 e. The molecule has 0 aliphatic carbocycles. The summed E-state index contributed by atoms with van der Waals surface area (Å²) in [6, 6.07) is 14.4. The summed E-state index contributed by atoms with van der Waals surface area (Å²) in [5.74, 6) is -0.375. The molecule has 2 fully saturated rings. The highest BCUT2D eigenvalue weighted by molar-refractivity contribution is 8.19. The van der Waals surface area contributed by atoms with Crippen molar-refractivity contribution in [3.05, 3.63) is 70.2 Å². The third kappa shape index (κ3) is 4.29. The molecular weight excluding hydrogens is 462 g/mol. The van der Waals surface area contributed by atoms with Crippen LogP contribution in [0.1, 0.15) is 5.56 Å². The molecule has 0 spiro atoms. The van der Waals surface area contributed by atoms with Crippen molar-refractivity contribution in [2.75, 3.05) is 31.2 Å². The molecule has 1 aromatic heterocycles. The van der Waals surface area contributed by atoms with Crippen LogP contribution in [0.4, 0.5) is 10.5 Å². The molecular formula is C24H20ClN3O4S. The summed E-state index contributed by atoms with van der Waals surface area (Å²) >= 11 is 6.93. The van der Waals surface area contributed by atoms with Crippen LogP contribution in [0.15, 0.2) is 59.6 Å². The number of rotatable bonds is 4. The minimum absolute atomic E-state index is 0.0203. The van der Waals surface area contributed by atoms with Gasteiger partial charge in [0, 0.05) is 40.8 Å². The first kappa shape index (κ1) is 21.8. The second-order valence-corrected chi connectivity index (χ2v) is 9.15. The highest BCUT2D eigenvalue weighted by atomic mass is 35.5. The fourth-order valence-electron chi connectivity index (χ4n) is 4.03. The molecule has 7 nitrogen and oxygen atoms in total. The molecule has 0 N–H and O–H groups in total. The van der Waals surface area contributed by atoms with Crippen LogP contribution in [0.3, 0.4) is 0 Å². The summed E-state index contributed by atoms with van der Waals surface area (Å²) in [6.45, 7) is 2.46. The van der Waals surface area contributed by atoms with Crippen LogP contribution in [0.25, 0.3) is 17.0 Å². The summed E-state index contributed by atoms with van der Waals surface area (Å²) in [7, 11) is 0. The monoisotopic (exact) mass is 481 g/mol. The minimum Gasteiger partial charge on any atom is -0.378 e. The first-order chi connectivity index (χ1) is 16.0. The topological polar surface area (TPSA) is 71.9 Å². The lowest BCUT2D eigenvalue weighted by atomic mass is 10.1. The zero-order chi connectivity index (χ0) is 22.9. The van der Waals surface area contributed by atoms with Gasteiger partial charge in [-0.05, 0) is 42.1 Å². The number of carbonyl (C=O) groups is 3. The minimum atomic E-state index is -0.395. The number of fused-ring (bicyclic) bond motifs is 1. The van der Waals surface area contributed by atoms with Gasteiger partial charge in [0.1, 0.15) is 6.54 Å². The second kappa shape index (κ2) is 9.05. The number of hydrogen-bond donors (Lipinski definition) is 0. The number of anilines is 1. The number of thioether (sulfide) groups is 1. The summed E-state index contributed by atoms with van der Waals surface area (Å²) in [5, 5.41) is 0.977. The molecule has 2 aliphatic rings. The van der Waals surface area contributed by atoms with Gasteiger partial charge in [0.15, 0.2) is 0 Å². The van der Waals surface area contributed by atoms with Crippen molar-refractivity contribution in [3.8, 4) is 0 Å². The Morgan fingerprint density at radius 2 is 1.88 bits per heavy atom. The molecule has 0 bridgehead atoms. The van der Waals surface area contributed by atoms with E-state index >= 15 is 0 Å². The number of halogens is 1. The van der Waals surface area contributed by atoms with Gasteiger partial charge in [-0.1, -0.05) is 35.9 Å². The Balaban J connectivity index is 1.46. The van der Waals surface area contributed by atoms with E-state index in [0.717, 1.165) is 33.1 Å². The average Bonchev–Trinajstić information content (AvgIpc) is 3.30. The van der Waals surface area contributed by atoms with E-state index < -0.39 is 5.91 Å². The van der Waals surface area contributed by atoms with E-state index in [1.165, 1.54) is 0 Å². The van der Waals surface area contributed by atoms with Crippen LogP contribution in [0, 0.1) is 0 Å². The SMILES string of the molecule is O=C(Cn1cc(/C=C2\SC(=O)N(c3cccc(Cl)c3)C2=O)c2ccccc21)N1CCOCC1. The Kier molecular flexibility index (Phi) is 5.97. The van der Waals surface area contributed by atoms with Crippen molar-refractivity contribution >= 4 is 63.1 Å². The van der Waals surface area contributed by atoms with Crippen LogP contribution in [0.5, 0.6) is 0 Å². The van der Waals surface area contributed by atoms with Gasteiger partial charge in [0.2, 0.25) is 5.91 Å². The predicted molar refractivity (Wildman–Crippen MR) is 129 cm³/mol. The van der Waals surface area contributed by atoms with E-state index in [2.05, 4.69) is 0 Å². The standard InChI is InChI=1S/C24H20ClN3O4S/c25-17-4-3-5-18(13-17)28-23(30)21(33-24(28)31)12-16-14-27(20-7-2-1-6-19(16)20)15-22(29)26-8-10-32-11-9-26/h1-7,12-14H,8-11,15H2/b21-12-. The number of imide groups is 1. The van der Waals surface area contributed by atoms with Crippen LogP contribution in [-0.4, -0.2) is 52.8 Å². The van der Waals surface area contributed by atoms with Crippen molar-refractivity contribution in [2.24, 2.45) is 0 Å². The lowest BCUT2D eigenvalue weighted by molar-refractivity contribution is -0.135. The van der Waals surface area contributed by atoms with E-state index in [-0.39, 0.29) is 17.7 Å². The Morgan fingerprint density at radius 1 is 1.09 bits per heavy atom. The van der Waals surface area contributed by atoms with E-state index in [1.807, 2.05) is 35.0 Å². The molecule has 9 heteroatoms. The third-order valence-corrected chi connectivity index (χ3v) is 6.74. The van der Waals surface area contributed by atoms with E-state index in [9.17, 15) is 14.4 Å². The molecule has 5 rings (SSSR count). The summed E-state index contributed by atoms with van der Waals surface area (Å²) < 4.78 is 7.22. The first-order valence-corrected chi connectivity index (χ1v) is 11.7. The molecule has 3 aromatic rings. The van der Waals surface area contributed by atoms with Gasteiger partial charge in [-0.25, -0.2) is 4.90 Å². The molecule has 0 unspecified atom stereocenters. The van der Waals surface area contributed by atoms with Crippen molar-refractivity contribution in [3.63, 3.8) is 0 Å². The number of nitrogens with zero attached hydrogens (tertiary/aromatic N) is 3. The molecule has 33 heavy (non-hydrogen) atoms. The lowest BCUT2D eigenvalue weighted by Gasteiger charge is -2.27. The highest BCUT2D eigenvalue weighted by Gasteiger charge is 2.36. The summed E-state index contributed by atoms with van der Waals surface area (Å²) in [4.78, 5) is 41.7. The van der Waals surface area contributed by atoms with Crippen LogP contribution in [0.2, 0.25) is 5.02 Å². The fourth-order valence-corrected chi connectivity index (χ4v) is 5.04. The number of benzene rings is 2. The average molecular weight is 482 g/mol. The molecule has 3 amide bonds. The smallest absolute Gasteiger partial charge is 0.298 e. The first-order valence-electron chi connectivity index (χ1n) is 10.5. The number of morpholine rings is 1. The van der Waals surface area contributed by atoms with Gasteiger partial charge < -0.3 is 14.2 Å². The number of carbonyl (C=O) groups excluding carboxylic acids is 3. The van der Waals surface area contributed by atoms with Gasteiger partial charge in [0.05, 0.1) is 23.8 Å². The Hall–Kier alpha value is -3.07. The van der Waals surface area contributed by atoms with E-state index in [1.54, 1.807) is 35.2 Å². The van der Waals surface area contributed by atoms with Crippen LogP contribution >= 0.6 is 23.4 Å².